The molecule has 0 fully saturated rings. The van der Waals surface area contributed by atoms with E-state index < -0.39 is 0 Å². The third-order valence-corrected chi connectivity index (χ3v) is 7.62. The Bertz CT molecular complexity index is 1300. The highest BCUT2D eigenvalue weighted by molar-refractivity contribution is 9.10. The van der Waals surface area contributed by atoms with E-state index in [-0.39, 0.29) is 22.2 Å². The van der Waals surface area contributed by atoms with Gasteiger partial charge in [-0.2, -0.15) is 0 Å². The van der Waals surface area contributed by atoms with Gasteiger partial charge in [0, 0.05) is 22.1 Å². The molecule has 3 aromatic carbocycles. The zero-order valence-electron chi connectivity index (χ0n) is 22.2. The number of rotatable bonds is 2. The van der Waals surface area contributed by atoms with E-state index in [0.29, 0.717) is 5.56 Å². The number of fused-ring (bicyclic) bond motifs is 2. The van der Waals surface area contributed by atoms with Gasteiger partial charge in [-0.25, -0.2) is 4.79 Å². The number of ether oxygens (including phenoxy) is 2. The molecule has 0 saturated heterocycles. The lowest BCUT2D eigenvalue weighted by Gasteiger charge is -2.38. The number of halogens is 1. The Hall–Kier alpha value is -2.59. The predicted octanol–water partition coefficient (Wildman–Crippen LogP) is 8.93. The van der Waals surface area contributed by atoms with Gasteiger partial charge in [-0.1, -0.05) is 79.7 Å². The number of hydrogen-bond donors (Lipinski definition) is 0. The van der Waals surface area contributed by atoms with Gasteiger partial charge in [0.05, 0.1) is 17.1 Å². The Morgan fingerprint density at radius 1 is 0.829 bits per heavy atom. The van der Waals surface area contributed by atoms with Crippen molar-refractivity contribution >= 4 is 21.9 Å². The molecule has 0 bridgehead atoms. The fraction of sp³-hybridized carbons (Fsp3) is 0.387. The molecule has 184 valence electrons. The van der Waals surface area contributed by atoms with Crippen LogP contribution < -0.4 is 4.74 Å². The molecular weight excluding hydrogens is 500 g/mol. The first-order valence-electron chi connectivity index (χ1n) is 12.0. The molecule has 0 saturated carbocycles. The molecular formula is C31H35BrO3. The molecule has 0 amide bonds. The van der Waals surface area contributed by atoms with Crippen molar-refractivity contribution in [1.82, 2.24) is 0 Å². The summed E-state index contributed by atoms with van der Waals surface area (Å²) in [7, 11) is 1.40. The standard InChI is InChI=1S/C31H35BrO3/c1-29(2,3)20-14-22(18-10-12-19(13-11-18)28(33)34-9)26-23(15-20)31(7,8)24-16-21(30(4,5)6)17-25(32)27(24)35-26/h10-17H,1-9H3. The number of methoxy groups -OCH3 is 1. The van der Waals surface area contributed by atoms with Crippen molar-refractivity contribution in [2.45, 2.75) is 71.6 Å². The minimum atomic E-state index is -0.341. The van der Waals surface area contributed by atoms with Crippen molar-refractivity contribution < 1.29 is 14.3 Å². The first-order valence-corrected chi connectivity index (χ1v) is 12.8. The van der Waals surface area contributed by atoms with Gasteiger partial charge in [-0.15, -0.1) is 0 Å². The highest BCUT2D eigenvalue weighted by Gasteiger charge is 2.39. The zero-order valence-corrected chi connectivity index (χ0v) is 23.8. The quantitative estimate of drug-likeness (QED) is 0.307. The van der Waals surface area contributed by atoms with E-state index in [1.165, 1.54) is 29.4 Å². The van der Waals surface area contributed by atoms with Gasteiger partial charge in [-0.3, -0.25) is 0 Å². The average Bonchev–Trinajstić information content (AvgIpc) is 2.77. The van der Waals surface area contributed by atoms with Crippen molar-refractivity contribution in [1.29, 1.82) is 0 Å². The monoisotopic (exact) mass is 534 g/mol. The Morgan fingerprint density at radius 2 is 1.34 bits per heavy atom. The summed E-state index contributed by atoms with van der Waals surface area (Å²) in [6.07, 6.45) is 0. The van der Waals surface area contributed by atoms with E-state index in [2.05, 4.69) is 95.6 Å². The number of benzene rings is 3. The van der Waals surface area contributed by atoms with Crippen LogP contribution in [0.2, 0.25) is 0 Å². The van der Waals surface area contributed by atoms with E-state index in [1.54, 1.807) is 0 Å². The second-order valence-electron chi connectivity index (χ2n) is 12.0. The van der Waals surface area contributed by atoms with Gasteiger partial charge in [0.25, 0.3) is 0 Å². The molecule has 4 heteroatoms. The summed E-state index contributed by atoms with van der Waals surface area (Å²) in [5.74, 6) is 1.39. The van der Waals surface area contributed by atoms with Crippen LogP contribution >= 0.6 is 15.9 Å². The molecule has 0 atom stereocenters. The lowest BCUT2D eigenvalue weighted by molar-refractivity contribution is 0.0600. The largest absolute Gasteiger partial charge is 0.465 e. The van der Waals surface area contributed by atoms with Crippen LogP contribution in [0.4, 0.5) is 0 Å². The SMILES string of the molecule is COC(=O)c1ccc(-c2cc(C(C)(C)C)cc3c2Oc2c(Br)cc(C(C)(C)C)cc2C3(C)C)cc1. The molecule has 0 aliphatic carbocycles. The molecule has 0 unspecified atom stereocenters. The fourth-order valence-electron chi connectivity index (χ4n) is 4.60. The average molecular weight is 536 g/mol. The molecule has 0 spiro atoms. The molecule has 1 aliphatic heterocycles. The Labute approximate surface area is 218 Å². The normalized spacial score (nSPS) is 14.6. The van der Waals surface area contributed by atoms with Crippen LogP contribution in [-0.2, 0) is 21.0 Å². The van der Waals surface area contributed by atoms with Crippen LogP contribution in [-0.4, -0.2) is 13.1 Å². The van der Waals surface area contributed by atoms with Gasteiger partial charge in [0.2, 0.25) is 0 Å². The topological polar surface area (TPSA) is 35.5 Å². The van der Waals surface area contributed by atoms with Crippen molar-refractivity contribution in [2.24, 2.45) is 0 Å². The zero-order chi connectivity index (χ0) is 25.9. The third kappa shape index (κ3) is 4.53. The van der Waals surface area contributed by atoms with Gasteiger partial charge in [-0.05, 0) is 67.7 Å². The summed E-state index contributed by atoms with van der Waals surface area (Å²) >= 11 is 3.81. The van der Waals surface area contributed by atoms with Gasteiger partial charge >= 0.3 is 5.97 Å². The Balaban J connectivity index is 1.98. The van der Waals surface area contributed by atoms with Crippen molar-refractivity contribution in [3.63, 3.8) is 0 Å². The van der Waals surface area contributed by atoms with E-state index in [9.17, 15) is 4.79 Å². The molecule has 0 aromatic heterocycles. The molecule has 1 heterocycles. The minimum Gasteiger partial charge on any atom is -0.465 e. The molecule has 4 rings (SSSR count). The summed E-state index contributed by atoms with van der Waals surface area (Å²) in [5, 5.41) is 0. The second kappa shape index (κ2) is 8.51. The summed E-state index contributed by atoms with van der Waals surface area (Å²) < 4.78 is 12.6. The van der Waals surface area contributed by atoms with Gasteiger partial charge < -0.3 is 9.47 Å². The molecule has 35 heavy (non-hydrogen) atoms. The molecule has 1 aliphatic rings. The van der Waals surface area contributed by atoms with Crippen molar-refractivity contribution in [3.8, 4) is 22.6 Å². The summed E-state index contributed by atoms with van der Waals surface area (Å²) in [4.78, 5) is 12.0. The Morgan fingerprint density at radius 3 is 1.86 bits per heavy atom. The van der Waals surface area contributed by atoms with Crippen LogP contribution in [0.1, 0.15) is 88.0 Å². The van der Waals surface area contributed by atoms with E-state index in [4.69, 9.17) is 9.47 Å². The highest BCUT2D eigenvalue weighted by Crippen LogP contribution is 2.55. The lowest BCUT2D eigenvalue weighted by Crippen LogP contribution is -2.27. The summed E-state index contributed by atoms with van der Waals surface area (Å²) in [5.41, 5.74) is 7.13. The second-order valence-corrected chi connectivity index (χ2v) is 12.9. The maximum absolute atomic E-state index is 12.0. The van der Waals surface area contributed by atoms with Crippen molar-refractivity contribution in [2.75, 3.05) is 7.11 Å². The van der Waals surface area contributed by atoms with Crippen molar-refractivity contribution in [3.05, 3.63) is 80.8 Å². The number of hydrogen-bond acceptors (Lipinski definition) is 3. The first-order chi connectivity index (χ1) is 16.1. The molecule has 3 aromatic rings. The number of carbonyl (C=O) groups excluding carboxylic acids is 1. The smallest absolute Gasteiger partial charge is 0.337 e. The molecule has 3 nitrogen and oxygen atoms in total. The Kier molecular flexibility index (Phi) is 6.20. The van der Waals surface area contributed by atoms with Crippen LogP contribution in [0.3, 0.4) is 0 Å². The third-order valence-electron chi connectivity index (χ3n) is 7.03. The predicted molar refractivity (Wildman–Crippen MR) is 147 cm³/mol. The lowest BCUT2D eigenvalue weighted by atomic mass is 9.71. The summed E-state index contributed by atoms with van der Waals surface area (Å²) in [6, 6.07) is 16.6. The molecule has 0 N–H and O–H groups in total. The number of esters is 1. The first kappa shape index (κ1) is 25.5. The summed E-state index contributed by atoms with van der Waals surface area (Å²) in [6.45, 7) is 18.0. The van der Waals surface area contributed by atoms with Crippen LogP contribution in [0.25, 0.3) is 11.1 Å². The number of carbonyl (C=O) groups is 1. The fourth-order valence-corrected chi connectivity index (χ4v) is 5.14. The van der Waals surface area contributed by atoms with Crippen LogP contribution in [0.15, 0.2) is 53.0 Å². The minimum absolute atomic E-state index is 0.0215. The van der Waals surface area contributed by atoms with Gasteiger partial charge in [0.15, 0.2) is 0 Å². The van der Waals surface area contributed by atoms with Crippen LogP contribution in [0.5, 0.6) is 11.5 Å². The van der Waals surface area contributed by atoms with Crippen LogP contribution in [0, 0.1) is 0 Å². The van der Waals surface area contributed by atoms with E-state index >= 15 is 0 Å². The maximum Gasteiger partial charge on any atom is 0.337 e. The highest BCUT2D eigenvalue weighted by atomic mass is 79.9. The van der Waals surface area contributed by atoms with E-state index in [0.717, 1.165) is 27.1 Å². The van der Waals surface area contributed by atoms with E-state index in [1.807, 2.05) is 24.3 Å². The van der Waals surface area contributed by atoms with Gasteiger partial charge in [0.1, 0.15) is 11.5 Å². The molecule has 0 radical (unpaired) electrons. The maximum atomic E-state index is 12.0.